The first-order chi connectivity index (χ1) is 15.6. The SMILES string of the molecule is Cn1cnc(C(=O)N(Cc2ccc(F)c(-c3ccc(N4CCCC4)nc3)c2)C2CCC2)c1. The second kappa shape index (κ2) is 8.73. The van der Waals surface area contributed by atoms with Crippen molar-refractivity contribution in [2.75, 3.05) is 18.0 Å². The predicted molar refractivity (Wildman–Crippen MR) is 122 cm³/mol. The molecule has 1 amide bonds. The summed E-state index contributed by atoms with van der Waals surface area (Å²) in [7, 11) is 1.85. The Morgan fingerprint density at radius 3 is 2.56 bits per heavy atom. The van der Waals surface area contributed by atoms with Crippen molar-refractivity contribution in [3.05, 3.63) is 66.1 Å². The van der Waals surface area contributed by atoms with E-state index >= 15 is 0 Å². The molecule has 1 aromatic carbocycles. The number of pyridine rings is 1. The number of aromatic nitrogens is 3. The largest absolute Gasteiger partial charge is 0.357 e. The monoisotopic (exact) mass is 433 g/mol. The van der Waals surface area contributed by atoms with E-state index in [0.717, 1.165) is 49.3 Å². The maximum atomic E-state index is 14.7. The molecule has 0 radical (unpaired) electrons. The maximum Gasteiger partial charge on any atom is 0.274 e. The minimum atomic E-state index is -0.282. The van der Waals surface area contributed by atoms with Crippen LogP contribution >= 0.6 is 0 Å². The normalized spacial score (nSPS) is 16.2. The fourth-order valence-corrected chi connectivity index (χ4v) is 4.50. The van der Waals surface area contributed by atoms with Crippen LogP contribution in [0.1, 0.15) is 48.2 Å². The van der Waals surface area contributed by atoms with Crippen molar-refractivity contribution in [1.29, 1.82) is 0 Å². The van der Waals surface area contributed by atoms with E-state index in [2.05, 4.69) is 14.9 Å². The number of carbonyl (C=O) groups is 1. The molecular formula is C25H28FN5O. The molecule has 3 aromatic rings. The molecule has 7 heteroatoms. The van der Waals surface area contributed by atoms with Gasteiger partial charge in [0.25, 0.3) is 5.91 Å². The lowest BCUT2D eigenvalue weighted by molar-refractivity contribution is 0.0551. The van der Waals surface area contributed by atoms with E-state index in [1.807, 2.05) is 30.1 Å². The molecule has 1 saturated heterocycles. The molecule has 2 aromatic heterocycles. The Balaban J connectivity index is 1.39. The molecule has 1 aliphatic carbocycles. The summed E-state index contributed by atoms with van der Waals surface area (Å²) >= 11 is 0. The van der Waals surface area contributed by atoms with Gasteiger partial charge in [-0.1, -0.05) is 6.07 Å². The van der Waals surface area contributed by atoms with Crippen LogP contribution in [0.3, 0.4) is 0 Å². The minimum Gasteiger partial charge on any atom is -0.357 e. The van der Waals surface area contributed by atoms with Gasteiger partial charge in [-0.2, -0.15) is 0 Å². The predicted octanol–water partition coefficient (Wildman–Crippen LogP) is 4.42. The van der Waals surface area contributed by atoms with Crippen LogP contribution in [0, 0.1) is 5.82 Å². The number of benzene rings is 1. The molecule has 32 heavy (non-hydrogen) atoms. The molecule has 166 valence electrons. The van der Waals surface area contributed by atoms with E-state index in [-0.39, 0.29) is 17.8 Å². The minimum absolute atomic E-state index is 0.0715. The number of rotatable bonds is 6. The van der Waals surface area contributed by atoms with Crippen LogP contribution in [-0.4, -0.2) is 44.5 Å². The quantitative estimate of drug-likeness (QED) is 0.578. The smallest absolute Gasteiger partial charge is 0.274 e. The van der Waals surface area contributed by atoms with Gasteiger partial charge in [-0.25, -0.2) is 14.4 Å². The number of hydrogen-bond acceptors (Lipinski definition) is 4. The number of nitrogens with zero attached hydrogens (tertiary/aromatic N) is 5. The summed E-state index contributed by atoms with van der Waals surface area (Å²) in [6, 6.07) is 9.22. The average molecular weight is 434 g/mol. The Labute approximate surface area is 187 Å². The third-order valence-electron chi connectivity index (χ3n) is 6.57. The topological polar surface area (TPSA) is 54.3 Å². The zero-order valence-corrected chi connectivity index (χ0v) is 18.4. The third-order valence-corrected chi connectivity index (χ3v) is 6.57. The van der Waals surface area contributed by atoms with E-state index in [1.165, 1.54) is 18.9 Å². The highest BCUT2D eigenvalue weighted by atomic mass is 19.1. The van der Waals surface area contributed by atoms with Gasteiger partial charge in [-0.05, 0) is 61.9 Å². The maximum absolute atomic E-state index is 14.7. The molecule has 3 heterocycles. The Hall–Kier alpha value is -3.22. The lowest BCUT2D eigenvalue weighted by Crippen LogP contribution is -2.43. The van der Waals surface area contributed by atoms with Gasteiger partial charge in [0.1, 0.15) is 17.3 Å². The molecule has 0 atom stereocenters. The van der Waals surface area contributed by atoms with Gasteiger partial charge in [0.2, 0.25) is 0 Å². The average Bonchev–Trinajstić information content (AvgIpc) is 3.45. The van der Waals surface area contributed by atoms with Gasteiger partial charge in [-0.3, -0.25) is 4.79 Å². The number of imidazole rings is 1. The molecule has 1 saturated carbocycles. The molecule has 0 N–H and O–H groups in total. The van der Waals surface area contributed by atoms with Gasteiger partial charge in [-0.15, -0.1) is 0 Å². The third kappa shape index (κ3) is 4.11. The van der Waals surface area contributed by atoms with Gasteiger partial charge in [0.05, 0.1) is 6.33 Å². The van der Waals surface area contributed by atoms with Crippen molar-refractivity contribution in [2.24, 2.45) is 7.05 Å². The second-order valence-corrected chi connectivity index (χ2v) is 8.86. The van der Waals surface area contributed by atoms with Crippen LogP contribution in [0.15, 0.2) is 49.1 Å². The van der Waals surface area contributed by atoms with Gasteiger partial charge in [0, 0.05) is 56.2 Å². The summed E-state index contributed by atoms with van der Waals surface area (Å²) in [6.45, 7) is 2.49. The first-order valence-corrected chi connectivity index (χ1v) is 11.4. The van der Waals surface area contributed by atoms with E-state index in [0.29, 0.717) is 17.8 Å². The Kier molecular flexibility index (Phi) is 5.64. The second-order valence-electron chi connectivity index (χ2n) is 8.86. The first kappa shape index (κ1) is 20.7. The molecular weight excluding hydrogens is 405 g/mol. The van der Waals surface area contributed by atoms with E-state index in [4.69, 9.17) is 0 Å². The number of anilines is 1. The molecule has 6 nitrogen and oxygen atoms in total. The summed E-state index contributed by atoms with van der Waals surface area (Å²) in [5, 5.41) is 0. The standard InChI is InChI=1S/C25H28FN5O/c1-29-16-23(28-17-29)25(32)31(20-5-4-6-20)15-18-7-9-22(26)21(13-18)19-8-10-24(27-14-19)30-11-2-3-12-30/h7-10,13-14,16-17,20H,2-6,11-12,15H2,1H3. The lowest BCUT2D eigenvalue weighted by atomic mass is 9.90. The van der Waals surface area contributed by atoms with Crippen molar-refractivity contribution < 1.29 is 9.18 Å². The number of hydrogen-bond donors (Lipinski definition) is 0. The van der Waals surface area contributed by atoms with Crippen LogP contribution in [0.5, 0.6) is 0 Å². The number of carbonyl (C=O) groups excluding carboxylic acids is 1. The van der Waals surface area contributed by atoms with Crippen LogP contribution in [0.25, 0.3) is 11.1 Å². The van der Waals surface area contributed by atoms with Crippen molar-refractivity contribution >= 4 is 11.7 Å². The summed E-state index contributed by atoms with van der Waals surface area (Å²) < 4.78 is 16.5. The molecule has 5 rings (SSSR count). The van der Waals surface area contributed by atoms with Crippen LogP contribution in [0.2, 0.25) is 0 Å². The number of aryl methyl sites for hydroxylation is 1. The fraction of sp³-hybridized carbons (Fsp3) is 0.400. The number of halogens is 1. The van der Waals surface area contributed by atoms with Crippen molar-refractivity contribution in [3.63, 3.8) is 0 Å². The highest BCUT2D eigenvalue weighted by molar-refractivity contribution is 5.92. The highest BCUT2D eigenvalue weighted by Gasteiger charge is 2.30. The molecule has 0 unspecified atom stereocenters. The zero-order chi connectivity index (χ0) is 22.1. The van der Waals surface area contributed by atoms with E-state index < -0.39 is 0 Å². The van der Waals surface area contributed by atoms with Crippen molar-refractivity contribution in [1.82, 2.24) is 19.4 Å². The highest BCUT2D eigenvalue weighted by Crippen LogP contribution is 2.30. The van der Waals surface area contributed by atoms with E-state index in [1.54, 1.807) is 29.4 Å². The van der Waals surface area contributed by atoms with Crippen molar-refractivity contribution in [2.45, 2.75) is 44.7 Å². The van der Waals surface area contributed by atoms with Crippen LogP contribution in [-0.2, 0) is 13.6 Å². The summed E-state index contributed by atoms with van der Waals surface area (Å²) in [5.74, 6) is 0.591. The van der Waals surface area contributed by atoms with Gasteiger partial charge in [0.15, 0.2) is 0 Å². The van der Waals surface area contributed by atoms with E-state index in [9.17, 15) is 9.18 Å². The lowest BCUT2D eigenvalue weighted by Gasteiger charge is -2.37. The number of amides is 1. The van der Waals surface area contributed by atoms with Gasteiger partial charge >= 0.3 is 0 Å². The summed E-state index contributed by atoms with van der Waals surface area (Å²) in [5.41, 5.74) is 2.62. The Morgan fingerprint density at radius 1 is 1.12 bits per heavy atom. The van der Waals surface area contributed by atoms with Gasteiger partial charge < -0.3 is 14.4 Å². The molecule has 2 fully saturated rings. The molecule has 1 aliphatic heterocycles. The molecule has 2 aliphatic rings. The van der Waals surface area contributed by atoms with Crippen LogP contribution < -0.4 is 4.90 Å². The van der Waals surface area contributed by atoms with Crippen LogP contribution in [0.4, 0.5) is 10.2 Å². The molecule has 0 spiro atoms. The zero-order valence-electron chi connectivity index (χ0n) is 18.4. The Bertz CT molecular complexity index is 1100. The molecule has 0 bridgehead atoms. The fourth-order valence-electron chi connectivity index (χ4n) is 4.50. The first-order valence-electron chi connectivity index (χ1n) is 11.4. The van der Waals surface area contributed by atoms with Crippen molar-refractivity contribution in [3.8, 4) is 11.1 Å². The summed E-state index contributed by atoms with van der Waals surface area (Å²) in [6.07, 6.45) is 10.6. The Morgan fingerprint density at radius 2 is 1.94 bits per heavy atom. The summed E-state index contributed by atoms with van der Waals surface area (Å²) in [4.78, 5) is 26.1.